The second kappa shape index (κ2) is 8.03. The first kappa shape index (κ1) is 15.8. The van der Waals surface area contributed by atoms with Crippen LogP contribution in [0.4, 0.5) is 5.69 Å². The topological polar surface area (TPSA) is 49.6 Å². The quantitative estimate of drug-likeness (QED) is 0.847. The number of hydrogen-bond acceptors (Lipinski definition) is 3. The molecule has 4 heteroatoms. The van der Waals surface area contributed by atoms with Gasteiger partial charge in [-0.05, 0) is 37.1 Å². The van der Waals surface area contributed by atoms with Gasteiger partial charge in [-0.25, -0.2) is 0 Å². The molecular formula is C17H27N3O. The van der Waals surface area contributed by atoms with Crippen molar-refractivity contribution in [3.63, 3.8) is 0 Å². The summed E-state index contributed by atoms with van der Waals surface area (Å²) in [5.41, 5.74) is 7.76. The van der Waals surface area contributed by atoms with Gasteiger partial charge in [0.1, 0.15) is 0 Å². The maximum atomic E-state index is 12.4. The van der Waals surface area contributed by atoms with Crippen molar-refractivity contribution in [3.8, 4) is 0 Å². The molecule has 1 aromatic carbocycles. The fourth-order valence-electron chi connectivity index (χ4n) is 2.84. The van der Waals surface area contributed by atoms with Gasteiger partial charge in [0.05, 0.1) is 6.54 Å². The zero-order valence-corrected chi connectivity index (χ0v) is 13.1. The van der Waals surface area contributed by atoms with Crippen LogP contribution in [0, 0.1) is 0 Å². The Morgan fingerprint density at radius 2 is 1.95 bits per heavy atom. The number of amides is 1. The van der Waals surface area contributed by atoms with E-state index in [0.29, 0.717) is 6.54 Å². The van der Waals surface area contributed by atoms with Crippen molar-refractivity contribution in [2.24, 2.45) is 0 Å². The molecule has 116 valence electrons. The predicted octanol–water partition coefficient (Wildman–Crippen LogP) is 2.49. The van der Waals surface area contributed by atoms with Gasteiger partial charge in [-0.1, -0.05) is 31.9 Å². The lowest BCUT2D eigenvalue weighted by molar-refractivity contribution is -0.132. The lowest BCUT2D eigenvalue weighted by atomic mass is 10.2. The Labute approximate surface area is 127 Å². The minimum atomic E-state index is 0.266. The van der Waals surface area contributed by atoms with Crippen LogP contribution in [0.2, 0.25) is 0 Å². The number of carbonyl (C=O) groups excluding carboxylic acids is 1. The number of likely N-dealkylation sites (tertiary alicyclic amines) is 1. The van der Waals surface area contributed by atoms with Crippen molar-refractivity contribution in [2.45, 2.75) is 39.2 Å². The number of rotatable bonds is 5. The average Bonchev–Trinajstić information content (AvgIpc) is 2.75. The average molecular weight is 289 g/mol. The highest BCUT2D eigenvalue weighted by Gasteiger charge is 2.18. The highest BCUT2D eigenvalue weighted by molar-refractivity contribution is 5.78. The fraction of sp³-hybridized carbons (Fsp3) is 0.588. The molecule has 0 bridgehead atoms. The summed E-state index contributed by atoms with van der Waals surface area (Å²) in [5, 5.41) is 0. The van der Waals surface area contributed by atoms with Gasteiger partial charge < -0.3 is 10.6 Å². The lowest BCUT2D eigenvalue weighted by Gasteiger charge is -2.26. The molecule has 21 heavy (non-hydrogen) atoms. The van der Waals surface area contributed by atoms with Crippen LogP contribution in [0.5, 0.6) is 0 Å². The third kappa shape index (κ3) is 5.05. The maximum Gasteiger partial charge on any atom is 0.236 e. The summed E-state index contributed by atoms with van der Waals surface area (Å²) < 4.78 is 0. The third-order valence-corrected chi connectivity index (χ3v) is 4.12. The summed E-state index contributed by atoms with van der Waals surface area (Å²) in [6, 6.07) is 7.91. The van der Waals surface area contributed by atoms with Gasteiger partial charge in [0, 0.05) is 25.3 Å². The van der Waals surface area contributed by atoms with Crippen molar-refractivity contribution in [3.05, 3.63) is 29.8 Å². The Morgan fingerprint density at radius 3 is 2.57 bits per heavy atom. The van der Waals surface area contributed by atoms with Crippen molar-refractivity contribution >= 4 is 11.6 Å². The Balaban J connectivity index is 1.90. The SMILES string of the molecule is CCN(CC(=O)N1CCCCCC1)Cc1cccc(N)c1. The van der Waals surface area contributed by atoms with E-state index in [4.69, 9.17) is 5.73 Å². The number of hydrogen-bond donors (Lipinski definition) is 1. The van der Waals surface area contributed by atoms with E-state index >= 15 is 0 Å². The summed E-state index contributed by atoms with van der Waals surface area (Å²) in [5.74, 6) is 0.266. The van der Waals surface area contributed by atoms with E-state index in [1.165, 1.54) is 18.4 Å². The number of benzene rings is 1. The molecular weight excluding hydrogens is 262 g/mol. The van der Waals surface area contributed by atoms with E-state index in [1.807, 2.05) is 23.1 Å². The molecule has 1 aliphatic rings. The van der Waals surface area contributed by atoms with E-state index in [-0.39, 0.29) is 5.91 Å². The van der Waals surface area contributed by atoms with Crippen LogP contribution >= 0.6 is 0 Å². The Hall–Kier alpha value is -1.55. The first-order valence-corrected chi connectivity index (χ1v) is 8.03. The maximum absolute atomic E-state index is 12.4. The molecule has 1 aromatic rings. The van der Waals surface area contributed by atoms with Gasteiger partial charge in [0.15, 0.2) is 0 Å². The van der Waals surface area contributed by atoms with Crippen LogP contribution in [-0.2, 0) is 11.3 Å². The number of nitrogens with two attached hydrogens (primary N) is 1. The molecule has 1 aliphatic heterocycles. The number of carbonyl (C=O) groups is 1. The molecule has 1 saturated heterocycles. The van der Waals surface area contributed by atoms with Crippen molar-refractivity contribution in [1.29, 1.82) is 0 Å². The van der Waals surface area contributed by atoms with Crippen LogP contribution in [0.25, 0.3) is 0 Å². The van der Waals surface area contributed by atoms with Gasteiger partial charge in [-0.2, -0.15) is 0 Å². The molecule has 4 nitrogen and oxygen atoms in total. The molecule has 0 aromatic heterocycles. The summed E-state index contributed by atoms with van der Waals surface area (Å²) in [6.07, 6.45) is 4.80. The first-order chi connectivity index (χ1) is 10.2. The van der Waals surface area contributed by atoms with Gasteiger partial charge >= 0.3 is 0 Å². The number of nitrogens with zero attached hydrogens (tertiary/aromatic N) is 2. The predicted molar refractivity (Wildman–Crippen MR) is 86.9 cm³/mol. The minimum Gasteiger partial charge on any atom is -0.399 e. The number of nitrogen functional groups attached to an aromatic ring is 1. The van der Waals surface area contributed by atoms with Crippen LogP contribution in [-0.4, -0.2) is 41.9 Å². The highest BCUT2D eigenvalue weighted by Crippen LogP contribution is 2.12. The van der Waals surface area contributed by atoms with E-state index in [1.54, 1.807) is 0 Å². The third-order valence-electron chi connectivity index (χ3n) is 4.12. The van der Waals surface area contributed by atoms with Gasteiger partial charge in [0.25, 0.3) is 0 Å². The smallest absolute Gasteiger partial charge is 0.236 e. The summed E-state index contributed by atoms with van der Waals surface area (Å²) >= 11 is 0. The van der Waals surface area contributed by atoms with E-state index in [2.05, 4.69) is 17.9 Å². The molecule has 0 saturated carbocycles. The molecule has 1 heterocycles. The molecule has 0 radical (unpaired) electrons. The first-order valence-electron chi connectivity index (χ1n) is 8.03. The molecule has 0 aliphatic carbocycles. The Morgan fingerprint density at radius 1 is 1.24 bits per heavy atom. The second-order valence-electron chi connectivity index (χ2n) is 5.84. The summed E-state index contributed by atoms with van der Waals surface area (Å²) in [7, 11) is 0. The van der Waals surface area contributed by atoms with Crippen molar-refractivity contribution < 1.29 is 4.79 Å². The number of anilines is 1. The normalized spacial score (nSPS) is 16.0. The fourth-order valence-corrected chi connectivity index (χ4v) is 2.84. The van der Waals surface area contributed by atoms with E-state index in [0.717, 1.165) is 44.7 Å². The second-order valence-corrected chi connectivity index (χ2v) is 5.84. The van der Waals surface area contributed by atoms with Gasteiger partial charge in [-0.15, -0.1) is 0 Å². The zero-order chi connectivity index (χ0) is 15.1. The van der Waals surface area contributed by atoms with Crippen molar-refractivity contribution in [1.82, 2.24) is 9.80 Å². The molecule has 0 unspecified atom stereocenters. The summed E-state index contributed by atoms with van der Waals surface area (Å²) in [4.78, 5) is 16.7. The van der Waals surface area contributed by atoms with E-state index in [9.17, 15) is 4.79 Å². The van der Waals surface area contributed by atoms with Gasteiger partial charge in [-0.3, -0.25) is 9.69 Å². The van der Waals surface area contributed by atoms with Crippen LogP contribution in [0.3, 0.4) is 0 Å². The Bertz CT molecular complexity index is 453. The Kier molecular flexibility index (Phi) is 6.05. The molecule has 1 fully saturated rings. The van der Waals surface area contributed by atoms with Crippen LogP contribution in [0.1, 0.15) is 38.2 Å². The summed E-state index contributed by atoms with van der Waals surface area (Å²) in [6.45, 7) is 6.10. The van der Waals surface area contributed by atoms with E-state index < -0.39 is 0 Å². The molecule has 1 amide bonds. The molecule has 2 rings (SSSR count). The minimum absolute atomic E-state index is 0.266. The molecule has 0 spiro atoms. The van der Waals surface area contributed by atoms with Gasteiger partial charge in [0.2, 0.25) is 5.91 Å². The standard InChI is InChI=1S/C17H27N3O/c1-2-19(13-15-8-7-9-16(18)12-15)14-17(21)20-10-5-3-4-6-11-20/h7-9,12H,2-6,10-11,13-14,18H2,1H3. The molecule has 0 atom stereocenters. The largest absolute Gasteiger partial charge is 0.399 e. The lowest BCUT2D eigenvalue weighted by Crippen LogP contribution is -2.40. The highest BCUT2D eigenvalue weighted by atomic mass is 16.2. The molecule has 2 N–H and O–H groups in total. The van der Waals surface area contributed by atoms with Crippen LogP contribution < -0.4 is 5.73 Å². The number of likely N-dealkylation sites (N-methyl/N-ethyl adjacent to an activating group) is 1. The van der Waals surface area contributed by atoms with Crippen LogP contribution in [0.15, 0.2) is 24.3 Å². The monoisotopic (exact) mass is 289 g/mol. The zero-order valence-electron chi connectivity index (χ0n) is 13.1. The van der Waals surface area contributed by atoms with Crippen molar-refractivity contribution in [2.75, 3.05) is 31.9 Å².